The van der Waals surface area contributed by atoms with Gasteiger partial charge < -0.3 is 10.3 Å². The Bertz CT molecular complexity index is 1110. The molecule has 0 bridgehead atoms. The summed E-state index contributed by atoms with van der Waals surface area (Å²) in [6.07, 6.45) is 3.64. The van der Waals surface area contributed by atoms with E-state index < -0.39 is 6.04 Å². The van der Waals surface area contributed by atoms with E-state index in [1.54, 1.807) is 18.3 Å². The van der Waals surface area contributed by atoms with E-state index in [9.17, 15) is 4.79 Å². The Morgan fingerprint density at radius 3 is 2.63 bits per heavy atom. The molecule has 1 aromatic carbocycles. The highest BCUT2D eigenvalue weighted by atomic mass is 16.1. The molecule has 0 spiro atoms. The van der Waals surface area contributed by atoms with Gasteiger partial charge in [0, 0.05) is 47.2 Å². The van der Waals surface area contributed by atoms with Crippen LogP contribution in [0.25, 0.3) is 10.9 Å². The third-order valence-corrected chi connectivity index (χ3v) is 4.95. The molecule has 0 aliphatic rings. The fourth-order valence-electron chi connectivity index (χ4n) is 3.52. The maximum atomic E-state index is 12.9. The van der Waals surface area contributed by atoms with Crippen LogP contribution in [0.2, 0.25) is 0 Å². The van der Waals surface area contributed by atoms with E-state index in [1.165, 1.54) is 0 Å². The van der Waals surface area contributed by atoms with Crippen molar-refractivity contribution in [3.05, 3.63) is 83.1 Å². The van der Waals surface area contributed by atoms with E-state index in [-0.39, 0.29) is 5.91 Å². The van der Waals surface area contributed by atoms with Gasteiger partial charge in [0.05, 0.1) is 11.4 Å². The third kappa shape index (κ3) is 2.99. The van der Waals surface area contributed by atoms with Gasteiger partial charge in [-0.15, -0.1) is 0 Å². The summed E-state index contributed by atoms with van der Waals surface area (Å²) in [5, 5.41) is 8.69. The summed E-state index contributed by atoms with van der Waals surface area (Å²) in [7, 11) is 1.91. The van der Waals surface area contributed by atoms with Crippen molar-refractivity contribution in [2.75, 3.05) is 0 Å². The zero-order valence-corrected chi connectivity index (χ0v) is 15.5. The smallest absolute Gasteiger partial charge is 0.252 e. The van der Waals surface area contributed by atoms with Crippen LogP contribution in [-0.4, -0.2) is 25.7 Å². The first-order valence-corrected chi connectivity index (χ1v) is 8.84. The first-order chi connectivity index (χ1) is 13.1. The summed E-state index contributed by atoms with van der Waals surface area (Å²) in [5.41, 5.74) is 5.25. The molecule has 0 saturated heterocycles. The normalized spacial score (nSPS) is 12.3. The molecule has 1 unspecified atom stereocenters. The van der Waals surface area contributed by atoms with Gasteiger partial charge in [-0.25, -0.2) is 0 Å². The fourth-order valence-corrected chi connectivity index (χ4v) is 3.52. The number of hydrogen-bond acceptors (Lipinski definition) is 3. The van der Waals surface area contributed by atoms with Gasteiger partial charge in [-0.1, -0.05) is 18.2 Å². The number of hydrogen-bond donors (Lipinski definition) is 2. The maximum Gasteiger partial charge on any atom is 0.252 e. The zero-order valence-electron chi connectivity index (χ0n) is 15.5. The van der Waals surface area contributed by atoms with E-state index in [1.807, 2.05) is 62.1 Å². The number of amides is 1. The molecule has 0 radical (unpaired) electrons. The van der Waals surface area contributed by atoms with Gasteiger partial charge in [0.15, 0.2) is 0 Å². The number of H-pyrrole nitrogens is 1. The lowest BCUT2D eigenvalue weighted by atomic mass is 9.98. The summed E-state index contributed by atoms with van der Waals surface area (Å²) in [5.74, 6) is -0.141. The molecular weight excluding hydrogens is 338 g/mol. The second kappa shape index (κ2) is 6.72. The van der Waals surface area contributed by atoms with Crippen molar-refractivity contribution in [3.63, 3.8) is 0 Å². The summed E-state index contributed by atoms with van der Waals surface area (Å²) in [6, 6.07) is 12.7. The first-order valence-electron chi connectivity index (χ1n) is 8.84. The summed E-state index contributed by atoms with van der Waals surface area (Å²) >= 11 is 0. The van der Waals surface area contributed by atoms with Crippen molar-refractivity contribution in [3.8, 4) is 0 Å². The molecule has 6 nitrogen and oxygen atoms in total. The van der Waals surface area contributed by atoms with Crippen LogP contribution in [-0.2, 0) is 7.05 Å². The highest BCUT2D eigenvalue weighted by molar-refractivity contribution is 5.95. The first kappa shape index (κ1) is 17.0. The average molecular weight is 359 g/mol. The molecule has 3 aromatic heterocycles. The van der Waals surface area contributed by atoms with Crippen LogP contribution >= 0.6 is 0 Å². The van der Waals surface area contributed by atoms with Gasteiger partial charge in [-0.2, -0.15) is 5.10 Å². The van der Waals surface area contributed by atoms with Gasteiger partial charge in [-0.3, -0.25) is 14.5 Å². The van der Waals surface area contributed by atoms with Gasteiger partial charge in [0.1, 0.15) is 6.04 Å². The minimum absolute atomic E-state index is 0.141. The minimum atomic E-state index is -0.397. The third-order valence-electron chi connectivity index (χ3n) is 4.95. The lowest BCUT2D eigenvalue weighted by Crippen LogP contribution is -2.30. The van der Waals surface area contributed by atoms with E-state index >= 15 is 0 Å². The monoisotopic (exact) mass is 359 g/mol. The molecular formula is C21H21N5O. The number of aromatic nitrogens is 4. The number of nitrogens with zero attached hydrogens (tertiary/aromatic N) is 3. The standard InChI is InChI=1S/C21H21N5O/c1-13-18(14(2)26(3)25-13)20(24-21(27)15-7-5-4-6-8-15)19-16-9-11-22-17(16)10-12-23-19/h4-12,20,22H,1-3H3,(H,24,27). The van der Waals surface area contributed by atoms with E-state index in [2.05, 4.69) is 20.4 Å². The molecule has 2 N–H and O–H groups in total. The predicted octanol–water partition coefficient (Wildman–Crippen LogP) is 3.43. The lowest BCUT2D eigenvalue weighted by Gasteiger charge is -2.20. The van der Waals surface area contributed by atoms with E-state index in [0.717, 1.165) is 33.5 Å². The molecule has 3 heterocycles. The Labute approximate surface area is 157 Å². The van der Waals surface area contributed by atoms with Gasteiger partial charge in [0.25, 0.3) is 5.91 Å². The Morgan fingerprint density at radius 1 is 1.15 bits per heavy atom. The van der Waals surface area contributed by atoms with E-state index in [0.29, 0.717) is 5.56 Å². The molecule has 1 amide bonds. The number of nitrogens with one attached hydrogen (secondary N) is 2. The molecule has 0 aliphatic heterocycles. The largest absolute Gasteiger partial charge is 0.361 e. The second-order valence-electron chi connectivity index (χ2n) is 6.62. The van der Waals surface area contributed by atoms with Crippen LogP contribution < -0.4 is 5.32 Å². The molecule has 0 saturated carbocycles. The molecule has 4 rings (SSSR count). The van der Waals surface area contributed by atoms with Crippen LogP contribution in [0.3, 0.4) is 0 Å². The zero-order chi connectivity index (χ0) is 19.0. The minimum Gasteiger partial charge on any atom is -0.361 e. The number of pyridine rings is 1. The SMILES string of the molecule is Cc1nn(C)c(C)c1C(NC(=O)c1ccccc1)c1nccc2[nH]ccc12. The number of rotatable bonds is 4. The van der Waals surface area contributed by atoms with E-state index in [4.69, 9.17) is 0 Å². The summed E-state index contributed by atoms with van der Waals surface area (Å²) in [6.45, 7) is 3.97. The summed E-state index contributed by atoms with van der Waals surface area (Å²) < 4.78 is 1.84. The van der Waals surface area contributed by atoms with Crippen LogP contribution in [0.5, 0.6) is 0 Å². The number of benzene rings is 1. The van der Waals surface area contributed by atoms with Crippen LogP contribution in [0.4, 0.5) is 0 Å². The molecule has 6 heteroatoms. The van der Waals surface area contributed by atoms with Crippen molar-refractivity contribution >= 4 is 16.8 Å². The Morgan fingerprint density at radius 2 is 1.93 bits per heavy atom. The molecule has 4 aromatic rings. The molecule has 1 atom stereocenters. The van der Waals surface area contributed by atoms with Crippen LogP contribution in [0.1, 0.15) is 39.0 Å². The Balaban J connectivity index is 1.85. The predicted molar refractivity (Wildman–Crippen MR) is 105 cm³/mol. The van der Waals surface area contributed by atoms with Crippen molar-refractivity contribution in [1.29, 1.82) is 0 Å². The van der Waals surface area contributed by atoms with Crippen molar-refractivity contribution in [2.45, 2.75) is 19.9 Å². The lowest BCUT2D eigenvalue weighted by molar-refractivity contribution is 0.0942. The molecule has 136 valence electrons. The number of carbonyl (C=O) groups excluding carboxylic acids is 1. The average Bonchev–Trinajstić information content (AvgIpc) is 3.25. The molecule has 0 fully saturated rings. The van der Waals surface area contributed by atoms with Gasteiger partial charge in [0.2, 0.25) is 0 Å². The quantitative estimate of drug-likeness (QED) is 0.586. The van der Waals surface area contributed by atoms with Crippen molar-refractivity contribution < 1.29 is 4.79 Å². The Hall–Kier alpha value is -3.41. The highest BCUT2D eigenvalue weighted by Crippen LogP contribution is 2.31. The summed E-state index contributed by atoms with van der Waals surface area (Å²) in [4.78, 5) is 20.8. The number of aromatic amines is 1. The topological polar surface area (TPSA) is 75.6 Å². The van der Waals surface area contributed by atoms with Crippen LogP contribution in [0.15, 0.2) is 54.9 Å². The second-order valence-corrected chi connectivity index (χ2v) is 6.62. The number of carbonyl (C=O) groups is 1. The van der Waals surface area contributed by atoms with Crippen molar-refractivity contribution in [1.82, 2.24) is 25.1 Å². The van der Waals surface area contributed by atoms with Gasteiger partial charge >= 0.3 is 0 Å². The molecule has 27 heavy (non-hydrogen) atoms. The van der Waals surface area contributed by atoms with Crippen molar-refractivity contribution in [2.24, 2.45) is 7.05 Å². The fraction of sp³-hybridized carbons (Fsp3) is 0.190. The number of aryl methyl sites for hydroxylation is 2. The van der Waals surface area contributed by atoms with Crippen LogP contribution in [0, 0.1) is 13.8 Å². The highest BCUT2D eigenvalue weighted by Gasteiger charge is 2.27. The molecule has 0 aliphatic carbocycles. The Kier molecular flexibility index (Phi) is 4.24. The number of fused-ring (bicyclic) bond motifs is 1. The van der Waals surface area contributed by atoms with Gasteiger partial charge in [-0.05, 0) is 38.1 Å². The maximum absolute atomic E-state index is 12.9.